The van der Waals surface area contributed by atoms with Gasteiger partial charge in [-0.25, -0.2) is 0 Å². The molecule has 1 aliphatic carbocycles. The molecule has 1 rings (SSSR count). The van der Waals surface area contributed by atoms with Crippen molar-refractivity contribution in [3.63, 3.8) is 0 Å². The molecule has 0 bridgehead atoms. The van der Waals surface area contributed by atoms with Gasteiger partial charge < -0.3 is 10.4 Å². The van der Waals surface area contributed by atoms with E-state index in [-0.39, 0.29) is 5.41 Å². The predicted octanol–water partition coefficient (Wildman–Crippen LogP) is 3.59. The average molecular weight is 255 g/mol. The summed E-state index contributed by atoms with van der Waals surface area (Å²) in [7, 11) is 0. The molecule has 0 aromatic carbocycles. The van der Waals surface area contributed by atoms with Gasteiger partial charge in [0.05, 0.1) is 0 Å². The summed E-state index contributed by atoms with van der Waals surface area (Å²) in [6.07, 6.45) is 7.78. The van der Waals surface area contributed by atoms with E-state index in [0.717, 1.165) is 24.8 Å². The first kappa shape index (κ1) is 16.0. The Morgan fingerprint density at radius 2 is 2.00 bits per heavy atom. The normalized spacial score (nSPS) is 25.7. The van der Waals surface area contributed by atoms with Gasteiger partial charge in [0.15, 0.2) is 0 Å². The number of aliphatic hydroxyl groups is 1. The lowest BCUT2D eigenvalue weighted by Gasteiger charge is -2.33. The second kappa shape index (κ2) is 7.49. The summed E-state index contributed by atoms with van der Waals surface area (Å²) in [5.41, 5.74) is 0.222. The fraction of sp³-hybridized carbons (Fsp3) is 1.00. The topological polar surface area (TPSA) is 32.3 Å². The van der Waals surface area contributed by atoms with Crippen molar-refractivity contribution in [2.24, 2.45) is 17.3 Å². The molecule has 1 saturated carbocycles. The molecule has 2 N–H and O–H groups in total. The third-order valence-electron chi connectivity index (χ3n) is 4.25. The highest BCUT2D eigenvalue weighted by molar-refractivity contribution is 4.81. The van der Waals surface area contributed by atoms with E-state index in [1.54, 1.807) is 0 Å². The maximum absolute atomic E-state index is 9.05. The van der Waals surface area contributed by atoms with E-state index in [1.165, 1.54) is 32.1 Å². The number of hydrogen-bond donors (Lipinski definition) is 2. The van der Waals surface area contributed by atoms with Gasteiger partial charge in [-0.2, -0.15) is 0 Å². The Hall–Kier alpha value is -0.0800. The van der Waals surface area contributed by atoms with Crippen LogP contribution in [0.25, 0.3) is 0 Å². The SMILES string of the molecule is CC(C)CC1CCCC(NCC(C)(C)CCO)C1. The zero-order chi connectivity index (χ0) is 13.6. The second-order valence-electron chi connectivity index (χ2n) is 7.38. The van der Waals surface area contributed by atoms with Gasteiger partial charge in [0.1, 0.15) is 0 Å². The summed E-state index contributed by atoms with van der Waals surface area (Å²) < 4.78 is 0. The Kier molecular flexibility index (Phi) is 6.65. The lowest BCUT2D eigenvalue weighted by molar-refractivity contribution is 0.187. The van der Waals surface area contributed by atoms with Gasteiger partial charge in [0.2, 0.25) is 0 Å². The number of hydrogen-bond acceptors (Lipinski definition) is 2. The van der Waals surface area contributed by atoms with E-state index in [1.807, 2.05) is 0 Å². The molecule has 2 atom stereocenters. The van der Waals surface area contributed by atoms with Crippen LogP contribution in [-0.4, -0.2) is 24.3 Å². The number of aliphatic hydroxyl groups excluding tert-OH is 1. The van der Waals surface area contributed by atoms with Crippen LogP contribution in [0.4, 0.5) is 0 Å². The summed E-state index contributed by atoms with van der Waals surface area (Å²) in [4.78, 5) is 0. The number of rotatable bonds is 7. The van der Waals surface area contributed by atoms with Crippen molar-refractivity contribution < 1.29 is 5.11 Å². The quantitative estimate of drug-likeness (QED) is 0.728. The molecule has 0 radical (unpaired) electrons. The van der Waals surface area contributed by atoms with E-state index in [2.05, 4.69) is 33.0 Å². The highest BCUT2D eigenvalue weighted by Gasteiger charge is 2.24. The van der Waals surface area contributed by atoms with E-state index in [0.29, 0.717) is 12.6 Å². The fourth-order valence-electron chi connectivity index (χ4n) is 3.17. The molecule has 0 heterocycles. The van der Waals surface area contributed by atoms with Crippen molar-refractivity contribution in [3.05, 3.63) is 0 Å². The Bertz CT molecular complexity index is 225. The first-order chi connectivity index (χ1) is 8.43. The molecule has 2 unspecified atom stereocenters. The maximum atomic E-state index is 9.05. The molecule has 1 aliphatic rings. The van der Waals surface area contributed by atoms with Crippen LogP contribution in [0.5, 0.6) is 0 Å². The minimum Gasteiger partial charge on any atom is -0.396 e. The van der Waals surface area contributed by atoms with E-state index in [9.17, 15) is 0 Å². The van der Waals surface area contributed by atoms with E-state index < -0.39 is 0 Å². The van der Waals surface area contributed by atoms with Crippen molar-refractivity contribution in [2.75, 3.05) is 13.2 Å². The van der Waals surface area contributed by atoms with Gasteiger partial charge in [-0.05, 0) is 42.9 Å². The third kappa shape index (κ3) is 6.19. The van der Waals surface area contributed by atoms with Crippen molar-refractivity contribution >= 4 is 0 Å². The van der Waals surface area contributed by atoms with Crippen LogP contribution in [0.2, 0.25) is 0 Å². The monoisotopic (exact) mass is 255 g/mol. The smallest absolute Gasteiger partial charge is 0.0436 e. The van der Waals surface area contributed by atoms with Crippen LogP contribution in [0.1, 0.15) is 66.2 Å². The van der Waals surface area contributed by atoms with Crippen LogP contribution in [0.15, 0.2) is 0 Å². The molecular weight excluding hydrogens is 222 g/mol. The molecule has 1 fully saturated rings. The molecule has 18 heavy (non-hydrogen) atoms. The highest BCUT2D eigenvalue weighted by Crippen LogP contribution is 2.30. The van der Waals surface area contributed by atoms with Crippen molar-refractivity contribution in [1.29, 1.82) is 0 Å². The first-order valence-corrected chi connectivity index (χ1v) is 7.77. The van der Waals surface area contributed by atoms with Crippen LogP contribution in [0, 0.1) is 17.3 Å². The third-order valence-corrected chi connectivity index (χ3v) is 4.25. The van der Waals surface area contributed by atoms with Crippen LogP contribution < -0.4 is 5.32 Å². The predicted molar refractivity (Wildman–Crippen MR) is 78.7 cm³/mol. The Labute approximate surface area is 114 Å². The summed E-state index contributed by atoms with van der Waals surface area (Å²) in [5.74, 6) is 1.76. The average Bonchev–Trinajstić information content (AvgIpc) is 2.26. The molecule has 2 heteroatoms. The van der Waals surface area contributed by atoms with Crippen LogP contribution >= 0.6 is 0 Å². The summed E-state index contributed by atoms with van der Waals surface area (Å²) >= 11 is 0. The maximum Gasteiger partial charge on any atom is 0.0436 e. The van der Waals surface area contributed by atoms with Gasteiger partial charge in [-0.1, -0.05) is 40.5 Å². The zero-order valence-electron chi connectivity index (χ0n) is 12.8. The molecule has 0 aliphatic heterocycles. The molecule has 0 aromatic rings. The minimum atomic E-state index is 0.222. The Morgan fingerprint density at radius 1 is 1.28 bits per heavy atom. The Balaban J connectivity index is 2.29. The number of nitrogens with one attached hydrogen (secondary N) is 1. The van der Waals surface area contributed by atoms with E-state index >= 15 is 0 Å². The molecule has 0 spiro atoms. The largest absolute Gasteiger partial charge is 0.396 e. The van der Waals surface area contributed by atoms with Gasteiger partial charge >= 0.3 is 0 Å². The van der Waals surface area contributed by atoms with Crippen LogP contribution in [-0.2, 0) is 0 Å². The van der Waals surface area contributed by atoms with Gasteiger partial charge in [0, 0.05) is 19.2 Å². The highest BCUT2D eigenvalue weighted by atomic mass is 16.3. The summed E-state index contributed by atoms with van der Waals surface area (Å²) in [6, 6.07) is 0.709. The summed E-state index contributed by atoms with van der Waals surface area (Å²) in [5, 5.41) is 12.8. The standard InChI is InChI=1S/C16H33NO/c1-13(2)10-14-6-5-7-15(11-14)17-12-16(3,4)8-9-18/h13-15,17-18H,5-12H2,1-4H3. The molecule has 108 valence electrons. The molecular formula is C16H33NO. The van der Waals surface area contributed by atoms with Crippen molar-refractivity contribution in [1.82, 2.24) is 5.32 Å². The van der Waals surface area contributed by atoms with Gasteiger partial charge in [-0.3, -0.25) is 0 Å². The first-order valence-electron chi connectivity index (χ1n) is 7.77. The molecule has 0 aromatic heterocycles. The molecule has 0 saturated heterocycles. The summed E-state index contributed by atoms with van der Waals surface area (Å²) in [6.45, 7) is 10.5. The van der Waals surface area contributed by atoms with Crippen molar-refractivity contribution in [3.8, 4) is 0 Å². The zero-order valence-corrected chi connectivity index (χ0v) is 12.8. The second-order valence-corrected chi connectivity index (χ2v) is 7.38. The van der Waals surface area contributed by atoms with Crippen LogP contribution in [0.3, 0.4) is 0 Å². The molecule has 2 nitrogen and oxygen atoms in total. The lowest BCUT2D eigenvalue weighted by atomic mass is 9.80. The lowest BCUT2D eigenvalue weighted by Crippen LogP contribution is -2.40. The fourth-order valence-corrected chi connectivity index (χ4v) is 3.17. The van der Waals surface area contributed by atoms with Gasteiger partial charge in [0.25, 0.3) is 0 Å². The minimum absolute atomic E-state index is 0.222. The Morgan fingerprint density at radius 3 is 2.61 bits per heavy atom. The van der Waals surface area contributed by atoms with E-state index in [4.69, 9.17) is 5.11 Å². The molecule has 0 amide bonds. The van der Waals surface area contributed by atoms with Gasteiger partial charge in [-0.15, -0.1) is 0 Å². The van der Waals surface area contributed by atoms with Crippen molar-refractivity contribution in [2.45, 2.75) is 72.3 Å².